The van der Waals surface area contributed by atoms with E-state index in [1.807, 2.05) is 13.8 Å². The van der Waals surface area contributed by atoms with E-state index in [9.17, 15) is 34.5 Å². The highest BCUT2D eigenvalue weighted by Gasteiger charge is 2.32. The second-order valence-electron chi connectivity index (χ2n) is 10.7. The molecule has 0 aliphatic rings. The number of carboxylic acid groups (broad SMARTS) is 1. The van der Waals surface area contributed by atoms with Crippen molar-refractivity contribution in [3.05, 3.63) is 59.7 Å². The van der Waals surface area contributed by atoms with Crippen LogP contribution < -0.4 is 21.7 Å². The Morgan fingerprint density at radius 2 is 1.18 bits per heavy atom. The Balaban J connectivity index is 2.10. The summed E-state index contributed by atoms with van der Waals surface area (Å²) in [5.74, 6) is -3.27. The van der Waals surface area contributed by atoms with Gasteiger partial charge in [-0.3, -0.25) is 14.4 Å². The molecule has 0 aliphatic heterocycles. The van der Waals surface area contributed by atoms with Crippen LogP contribution in [0, 0.1) is 11.8 Å². The number of hydrogen-bond donors (Lipinski definition) is 7. The number of rotatable bonds is 14. The van der Waals surface area contributed by atoms with Crippen molar-refractivity contribution in [1.29, 1.82) is 0 Å². The van der Waals surface area contributed by atoms with Crippen molar-refractivity contribution in [2.45, 2.75) is 71.1 Å². The quantitative estimate of drug-likeness (QED) is 0.182. The molecule has 11 heteroatoms. The minimum absolute atomic E-state index is 0.0118. The van der Waals surface area contributed by atoms with E-state index in [-0.39, 0.29) is 42.6 Å². The zero-order valence-electron chi connectivity index (χ0n) is 23.3. The minimum atomic E-state index is -1.26. The molecule has 40 heavy (non-hydrogen) atoms. The number of phenolic OH excluding ortho intramolecular Hbond substituents is 2. The number of aliphatic carboxylic acids is 1. The third-order valence-corrected chi connectivity index (χ3v) is 6.31. The van der Waals surface area contributed by atoms with Gasteiger partial charge in [-0.2, -0.15) is 0 Å². The molecule has 2 aromatic carbocycles. The Morgan fingerprint density at radius 1 is 0.700 bits per heavy atom. The first kappa shape index (κ1) is 32.1. The number of nitrogens with one attached hydrogen (secondary N) is 3. The van der Waals surface area contributed by atoms with Gasteiger partial charge in [0.15, 0.2) is 0 Å². The number of benzene rings is 2. The predicted octanol–water partition coefficient (Wildman–Crippen LogP) is 1.45. The van der Waals surface area contributed by atoms with Gasteiger partial charge in [-0.15, -0.1) is 0 Å². The smallest absolute Gasteiger partial charge is 0.326 e. The molecule has 0 heterocycles. The Labute approximate surface area is 234 Å². The minimum Gasteiger partial charge on any atom is -0.508 e. The molecule has 218 valence electrons. The van der Waals surface area contributed by atoms with Crippen molar-refractivity contribution >= 4 is 23.7 Å². The third kappa shape index (κ3) is 10.2. The molecule has 11 nitrogen and oxygen atoms in total. The monoisotopic (exact) mass is 556 g/mol. The van der Waals surface area contributed by atoms with Gasteiger partial charge >= 0.3 is 5.97 Å². The molecule has 0 saturated carbocycles. The summed E-state index contributed by atoms with van der Waals surface area (Å²) < 4.78 is 0. The molecule has 2 aromatic rings. The van der Waals surface area contributed by atoms with E-state index in [1.165, 1.54) is 24.3 Å². The van der Waals surface area contributed by atoms with E-state index < -0.39 is 47.9 Å². The Kier molecular flexibility index (Phi) is 11.9. The lowest BCUT2D eigenvalue weighted by Gasteiger charge is -2.27. The maximum absolute atomic E-state index is 13.3. The van der Waals surface area contributed by atoms with E-state index in [0.717, 1.165) is 5.56 Å². The van der Waals surface area contributed by atoms with Crippen molar-refractivity contribution in [2.75, 3.05) is 0 Å². The number of carbonyl (C=O) groups is 4. The number of hydrogen-bond acceptors (Lipinski definition) is 7. The van der Waals surface area contributed by atoms with E-state index in [4.69, 9.17) is 5.73 Å². The molecule has 0 radical (unpaired) electrons. The third-order valence-electron chi connectivity index (χ3n) is 6.31. The molecule has 0 aliphatic carbocycles. The number of phenols is 2. The number of aromatic hydroxyl groups is 2. The summed E-state index contributed by atoms with van der Waals surface area (Å²) in [6.07, 6.45) is 0.407. The van der Waals surface area contributed by atoms with Crippen LogP contribution in [0.25, 0.3) is 0 Å². The van der Waals surface area contributed by atoms with E-state index >= 15 is 0 Å². The highest BCUT2D eigenvalue weighted by atomic mass is 16.4. The lowest BCUT2D eigenvalue weighted by Crippen LogP contribution is -2.58. The van der Waals surface area contributed by atoms with Crippen LogP contribution in [0.5, 0.6) is 11.5 Å². The summed E-state index contributed by atoms with van der Waals surface area (Å²) >= 11 is 0. The van der Waals surface area contributed by atoms with Crippen molar-refractivity contribution in [2.24, 2.45) is 17.6 Å². The zero-order valence-corrected chi connectivity index (χ0v) is 23.3. The van der Waals surface area contributed by atoms with E-state index in [2.05, 4.69) is 16.0 Å². The summed E-state index contributed by atoms with van der Waals surface area (Å²) in [5, 5.41) is 36.5. The second-order valence-corrected chi connectivity index (χ2v) is 10.7. The van der Waals surface area contributed by atoms with Crippen LogP contribution >= 0.6 is 0 Å². The highest BCUT2D eigenvalue weighted by molar-refractivity contribution is 5.94. The first-order valence-corrected chi connectivity index (χ1v) is 13.2. The molecule has 4 unspecified atom stereocenters. The average Bonchev–Trinajstić information content (AvgIpc) is 2.88. The topological polar surface area (TPSA) is 191 Å². The highest BCUT2D eigenvalue weighted by Crippen LogP contribution is 2.14. The van der Waals surface area contributed by atoms with Gasteiger partial charge in [0.1, 0.15) is 29.6 Å². The van der Waals surface area contributed by atoms with Gasteiger partial charge in [-0.05, 0) is 60.1 Å². The fraction of sp³-hybridized carbons (Fsp3) is 0.448. The maximum Gasteiger partial charge on any atom is 0.326 e. The molecular weight excluding hydrogens is 516 g/mol. The van der Waals surface area contributed by atoms with Gasteiger partial charge in [0.25, 0.3) is 0 Å². The van der Waals surface area contributed by atoms with Gasteiger partial charge < -0.3 is 37.0 Å². The molecule has 0 bridgehead atoms. The average molecular weight is 557 g/mol. The lowest BCUT2D eigenvalue weighted by molar-refractivity contribution is -0.142. The van der Waals surface area contributed by atoms with Crippen molar-refractivity contribution in [3.8, 4) is 11.5 Å². The van der Waals surface area contributed by atoms with Crippen molar-refractivity contribution in [3.63, 3.8) is 0 Å². The van der Waals surface area contributed by atoms with Gasteiger partial charge in [0.05, 0.1) is 6.04 Å². The molecule has 0 spiro atoms. The summed E-state index contributed by atoms with van der Waals surface area (Å²) in [7, 11) is 0. The molecular formula is C29H40N4O7. The second kappa shape index (κ2) is 14.9. The molecule has 0 aromatic heterocycles. The summed E-state index contributed by atoms with van der Waals surface area (Å²) in [6.45, 7) is 7.21. The summed E-state index contributed by atoms with van der Waals surface area (Å²) in [5.41, 5.74) is 7.40. The maximum atomic E-state index is 13.3. The molecule has 2 rings (SSSR count). The number of carboxylic acids is 1. The van der Waals surface area contributed by atoms with Gasteiger partial charge in [0.2, 0.25) is 17.7 Å². The van der Waals surface area contributed by atoms with Gasteiger partial charge in [-0.1, -0.05) is 52.0 Å². The summed E-state index contributed by atoms with van der Waals surface area (Å²) in [4.78, 5) is 51.1. The zero-order chi connectivity index (χ0) is 30.0. The normalized spacial score (nSPS) is 14.2. The van der Waals surface area contributed by atoms with Crippen LogP contribution in [-0.2, 0) is 32.0 Å². The molecule has 8 N–H and O–H groups in total. The first-order chi connectivity index (χ1) is 18.8. The molecule has 3 amide bonds. The SMILES string of the molecule is CC(C)CC(NC(=O)C(NC(=O)C(N)Cc1ccc(O)cc1)C(C)C)C(=O)NC(Cc1ccc(O)cc1)C(=O)O. The number of nitrogens with two attached hydrogens (primary N) is 1. The summed E-state index contributed by atoms with van der Waals surface area (Å²) in [6, 6.07) is 8.00. The predicted molar refractivity (Wildman–Crippen MR) is 149 cm³/mol. The first-order valence-electron chi connectivity index (χ1n) is 13.2. The van der Waals surface area contributed by atoms with Crippen molar-refractivity contribution < 1.29 is 34.5 Å². The molecule has 0 fully saturated rings. The van der Waals surface area contributed by atoms with Crippen molar-refractivity contribution in [1.82, 2.24) is 16.0 Å². The Morgan fingerprint density at radius 3 is 1.62 bits per heavy atom. The fourth-order valence-corrected chi connectivity index (χ4v) is 4.08. The lowest BCUT2D eigenvalue weighted by atomic mass is 9.98. The fourth-order valence-electron chi connectivity index (χ4n) is 4.08. The standard InChI is InChI=1S/C29H40N4O7/c1-16(2)13-23(27(37)32-24(29(39)40)15-19-7-11-21(35)12-8-19)31-28(38)25(17(3)4)33-26(36)22(30)14-18-5-9-20(34)10-6-18/h5-12,16-17,22-25,34-35H,13-15,30H2,1-4H3,(H,31,38)(H,32,37)(H,33,36)(H,39,40). The molecule has 4 atom stereocenters. The number of amides is 3. The largest absolute Gasteiger partial charge is 0.508 e. The Bertz CT molecular complexity index is 1150. The van der Waals surface area contributed by atoms with Crippen LogP contribution in [0.3, 0.4) is 0 Å². The van der Waals surface area contributed by atoms with Crippen LogP contribution in [0.1, 0.15) is 45.2 Å². The van der Waals surface area contributed by atoms with Crippen LogP contribution in [0.2, 0.25) is 0 Å². The van der Waals surface area contributed by atoms with E-state index in [0.29, 0.717) is 5.56 Å². The number of carbonyl (C=O) groups excluding carboxylic acids is 3. The van der Waals surface area contributed by atoms with Crippen LogP contribution in [-0.4, -0.2) is 63.2 Å². The molecule has 0 saturated heterocycles. The van der Waals surface area contributed by atoms with Gasteiger partial charge in [0, 0.05) is 6.42 Å². The Hall–Kier alpha value is -4.12. The van der Waals surface area contributed by atoms with Gasteiger partial charge in [-0.25, -0.2) is 4.79 Å². The van der Waals surface area contributed by atoms with Crippen LogP contribution in [0.15, 0.2) is 48.5 Å². The van der Waals surface area contributed by atoms with Crippen LogP contribution in [0.4, 0.5) is 0 Å². The van der Waals surface area contributed by atoms with E-state index in [1.54, 1.807) is 38.1 Å².